The molecule has 2 aromatic rings. The highest BCUT2D eigenvalue weighted by atomic mass is 79.9. The Morgan fingerprint density at radius 3 is 2.51 bits per heavy atom. The molecule has 8 heteroatoms. The van der Waals surface area contributed by atoms with Crippen LogP contribution in [-0.2, 0) is 14.3 Å². The van der Waals surface area contributed by atoms with Gasteiger partial charge in [0, 0.05) is 34.1 Å². The van der Waals surface area contributed by atoms with Crippen molar-refractivity contribution in [3.05, 3.63) is 75.0 Å². The Kier molecular flexibility index (Phi) is 7.03. The lowest BCUT2D eigenvalue weighted by Crippen LogP contribution is -2.42. The standard InChI is InChI=1S/C29H30BrNO6/c1-15(2)13-35-29(33)26-16(3)31-22-9-18(17-5-7-19(34-4)8-6-17)10-23(32)28(22)27(26)20-11-24-25(12-21(20)30)37-14-36-24/h5-9,11-12,15,18,27-28,31H,10,13-14H2,1-4H3. The van der Waals surface area contributed by atoms with Crippen molar-refractivity contribution in [2.24, 2.45) is 11.8 Å². The Hall–Kier alpha value is -3.26. The first-order valence-corrected chi connectivity index (χ1v) is 13.2. The summed E-state index contributed by atoms with van der Waals surface area (Å²) in [5, 5.41) is 3.38. The summed E-state index contributed by atoms with van der Waals surface area (Å²) in [5.74, 6) is 0.627. The summed E-state index contributed by atoms with van der Waals surface area (Å²) in [7, 11) is 1.63. The summed E-state index contributed by atoms with van der Waals surface area (Å²) in [6.07, 6.45) is 2.44. The number of allylic oxidation sites excluding steroid dienone is 3. The van der Waals surface area contributed by atoms with Crippen LogP contribution >= 0.6 is 15.9 Å². The second-order valence-corrected chi connectivity index (χ2v) is 10.9. The molecule has 194 valence electrons. The molecule has 2 aromatic carbocycles. The van der Waals surface area contributed by atoms with E-state index in [0.717, 1.165) is 27.0 Å². The number of fused-ring (bicyclic) bond motifs is 2. The topological polar surface area (TPSA) is 83.1 Å². The Balaban J connectivity index is 1.60. The van der Waals surface area contributed by atoms with Gasteiger partial charge in [-0.25, -0.2) is 4.79 Å². The van der Waals surface area contributed by atoms with Crippen LogP contribution in [0.3, 0.4) is 0 Å². The molecule has 7 nitrogen and oxygen atoms in total. The molecule has 0 fully saturated rings. The average Bonchev–Trinajstić information content (AvgIpc) is 3.33. The number of esters is 1. The van der Waals surface area contributed by atoms with Gasteiger partial charge in [0.1, 0.15) is 11.5 Å². The maximum Gasteiger partial charge on any atom is 0.336 e. The highest BCUT2D eigenvalue weighted by Gasteiger charge is 2.46. The number of hydrogen-bond acceptors (Lipinski definition) is 7. The second kappa shape index (κ2) is 10.2. The van der Waals surface area contributed by atoms with E-state index in [4.69, 9.17) is 18.9 Å². The highest BCUT2D eigenvalue weighted by Crippen LogP contribution is 2.50. The largest absolute Gasteiger partial charge is 0.497 e. The number of carbonyl (C=O) groups is 2. The van der Waals surface area contributed by atoms with Gasteiger partial charge in [-0.1, -0.05) is 48.0 Å². The SMILES string of the molecule is COc1ccc(C2C=C3NC(C)=C(C(=O)OCC(C)C)C(c4cc5c(cc4Br)OCO5)C3C(=O)C2)cc1. The third-order valence-electron chi connectivity index (χ3n) is 7.00. The molecular formula is C29H30BrNO6. The Morgan fingerprint density at radius 1 is 1.14 bits per heavy atom. The molecule has 0 radical (unpaired) electrons. The van der Waals surface area contributed by atoms with Crippen molar-refractivity contribution in [1.82, 2.24) is 5.32 Å². The molecule has 0 spiro atoms. The van der Waals surface area contributed by atoms with Gasteiger partial charge in [-0.3, -0.25) is 4.79 Å². The molecule has 2 heterocycles. The third kappa shape index (κ3) is 4.87. The molecule has 3 atom stereocenters. The van der Waals surface area contributed by atoms with Gasteiger partial charge in [0.25, 0.3) is 0 Å². The number of carbonyl (C=O) groups excluding carboxylic acids is 2. The monoisotopic (exact) mass is 567 g/mol. The van der Waals surface area contributed by atoms with Crippen LogP contribution in [0.4, 0.5) is 0 Å². The zero-order chi connectivity index (χ0) is 26.3. The Labute approximate surface area is 224 Å². The van der Waals surface area contributed by atoms with Crippen molar-refractivity contribution in [1.29, 1.82) is 0 Å². The van der Waals surface area contributed by atoms with E-state index in [2.05, 4.69) is 27.3 Å². The highest BCUT2D eigenvalue weighted by molar-refractivity contribution is 9.10. The number of ketones is 1. The summed E-state index contributed by atoms with van der Waals surface area (Å²) < 4.78 is 22.9. The van der Waals surface area contributed by atoms with Gasteiger partial charge in [0.2, 0.25) is 6.79 Å². The van der Waals surface area contributed by atoms with Gasteiger partial charge < -0.3 is 24.3 Å². The minimum absolute atomic E-state index is 0.0574. The molecule has 0 bridgehead atoms. The Bertz CT molecular complexity index is 1300. The van der Waals surface area contributed by atoms with Crippen LogP contribution in [0.25, 0.3) is 0 Å². The van der Waals surface area contributed by atoms with Crippen LogP contribution in [0.1, 0.15) is 50.2 Å². The summed E-state index contributed by atoms with van der Waals surface area (Å²) in [4.78, 5) is 27.3. The van der Waals surface area contributed by atoms with E-state index in [-0.39, 0.29) is 24.4 Å². The first kappa shape index (κ1) is 25.4. The summed E-state index contributed by atoms with van der Waals surface area (Å²) in [6, 6.07) is 11.5. The molecular weight excluding hydrogens is 538 g/mol. The smallest absolute Gasteiger partial charge is 0.336 e. The van der Waals surface area contributed by atoms with Gasteiger partial charge in [0.15, 0.2) is 11.5 Å². The number of benzene rings is 2. The fourth-order valence-electron chi connectivity index (χ4n) is 5.24. The molecule has 37 heavy (non-hydrogen) atoms. The summed E-state index contributed by atoms with van der Waals surface area (Å²) >= 11 is 3.67. The maximum absolute atomic E-state index is 13.9. The van der Waals surface area contributed by atoms with E-state index >= 15 is 0 Å². The number of nitrogens with one attached hydrogen (secondary N) is 1. The van der Waals surface area contributed by atoms with E-state index in [1.807, 2.05) is 57.2 Å². The zero-order valence-corrected chi connectivity index (χ0v) is 22.9. The molecule has 0 saturated carbocycles. The van der Waals surface area contributed by atoms with Crippen molar-refractivity contribution < 1.29 is 28.5 Å². The first-order chi connectivity index (χ1) is 17.8. The van der Waals surface area contributed by atoms with Crippen molar-refractivity contribution in [3.63, 3.8) is 0 Å². The molecule has 3 aliphatic rings. The molecule has 5 rings (SSSR count). The number of hydrogen-bond donors (Lipinski definition) is 1. The zero-order valence-electron chi connectivity index (χ0n) is 21.3. The van der Waals surface area contributed by atoms with E-state index < -0.39 is 17.8 Å². The predicted octanol–water partition coefficient (Wildman–Crippen LogP) is 5.60. The molecule has 0 aromatic heterocycles. The number of Topliss-reactive ketones (excluding diaryl/α,β-unsaturated/α-hetero) is 1. The van der Waals surface area contributed by atoms with Crippen LogP contribution in [0, 0.1) is 11.8 Å². The fraction of sp³-hybridized carbons (Fsp3) is 0.379. The fourth-order valence-corrected chi connectivity index (χ4v) is 5.81. The quantitative estimate of drug-likeness (QED) is 0.454. The normalized spacial score (nSPS) is 22.4. The van der Waals surface area contributed by atoms with Gasteiger partial charge >= 0.3 is 5.97 Å². The molecule has 0 amide bonds. The molecule has 1 aliphatic carbocycles. The minimum Gasteiger partial charge on any atom is -0.497 e. The van der Waals surface area contributed by atoms with Crippen LogP contribution in [0.15, 0.2) is 63.9 Å². The molecule has 1 N–H and O–H groups in total. The molecule has 0 saturated heterocycles. The van der Waals surface area contributed by atoms with Gasteiger partial charge in [-0.15, -0.1) is 0 Å². The van der Waals surface area contributed by atoms with E-state index in [9.17, 15) is 9.59 Å². The number of rotatable bonds is 6. The first-order valence-electron chi connectivity index (χ1n) is 12.4. The number of ether oxygens (including phenoxy) is 4. The van der Waals surface area contributed by atoms with E-state index in [1.54, 1.807) is 7.11 Å². The van der Waals surface area contributed by atoms with Gasteiger partial charge in [-0.2, -0.15) is 0 Å². The second-order valence-electron chi connectivity index (χ2n) is 10.0. The van der Waals surface area contributed by atoms with Crippen LogP contribution in [-0.4, -0.2) is 32.3 Å². The average molecular weight is 568 g/mol. The van der Waals surface area contributed by atoms with Crippen molar-refractivity contribution in [3.8, 4) is 17.2 Å². The lowest BCUT2D eigenvalue weighted by Gasteiger charge is -2.40. The number of halogens is 1. The van der Waals surface area contributed by atoms with Crippen LogP contribution in [0.5, 0.6) is 17.2 Å². The van der Waals surface area contributed by atoms with Crippen molar-refractivity contribution in [2.45, 2.75) is 39.0 Å². The Morgan fingerprint density at radius 2 is 1.84 bits per heavy atom. The maximum atomic E-state index is 13.9. The molecule has 2 aliphatic heterocycles. The van der Waals surface area contributed by atoms with E-state index in [1.165, 1.54) is 0 Å². The molecule has 3 unspecified atom stereocenters. The third-order valence-corrected chi connectivity index (χ3v) is 7.69. The van der Waals surface area contributed by atoms with Crippen molar-refractivity contribution in [2.75, 3.05) is 20.5 Å². The van der Waals surface area contributed by atoms with Gasteiger partial charge in [0.05, 0.1) is 25.2 Å². The number of methoxy groups -OCH3 is 1. The predicted molar refractivity (Wildman–Crippen MR) is 142 cm³/mol. The summed E-state index contributed by atoms with van der Waals surface area (Å²) in [5.41, 5.74) is 3.75. The minimum atomic E-state index is -0.559. The lowest BCUT2D eigenvalue weighted by molar-refractivity contribution is -0.140. The van der Waals surface area contributed by atoms with Crippen molar-refractivity contribution >= 4 is 27.7 Å². The van der Waals surface area contributed by atoms with Crippen LogP contribution < -0.4 is 19.5 Å². The van der Waals surface area contributed by atoms with E-state index in [0.29, 0.717) is 35.8 Å². The summed E-state index contributed by atoms with van der Waals surface area (Å²) in [6.45, 7) is 6.27. The van der Waals surface area contributed by atoms with Crippen LogP contribution in [0.2, 0.25) is 0 Å². The lowest BCUT2D eigenvalue weighted by atomic mass is 9.68. The van der Waals surface area contributed by atoms with Gasteiger partial charge in [-0.05, 0) is 48.2 Å².